The number of hydrogen-bond donors (Lipinski definition) is 2. The third-order valence-electron chi connectivity index (χ3n) is 12.0. The average molecular weight is 517 g/mol. The SMILES string of the molecule is OCCOc1c(C23CC4CC(CC(C4)C2)C3)cc2cccc(C34CC5CC(CC(C5)C3)C4)c2c1OCCO. The van der Waals surface area contributed by atoms with Crippen LogP contribution in [0.2, 0.25) is 0 Å². The minimum Gasteiger partial charge on any atom is -0.487 e. The van der Waals surface area contributed by atoms with E-state index in [0.717, 1.165) is 47.0 Å². The van der Waals surface area contributed by atoms with E-state index in [4.69, 9.17) is 9.47 Å². The minimum atomic E-state index is -0.0118. The van der Waals surface area contributed by atoms with Crippen LogP contribution in [0.15, 0.2) is 24.3 Å². The Balaban J connectivity index is 1.34. The summed E-state index contributed by atoms with van der Waals surface area (Å²) in [5.41, 5.74) is 3.19. The first-order valence-electron chi connectivity index (χ1n) is 15.7. The van der Waals surface area contributed by atoms with Crippen molar-refractivity contribution in [2.45, 2.75) is 87.9 Å². The van der Waals surface area contributed by atoms with Gasteiger partial charge < -0.3 is 19.7 Å². The maximum absolute atomic E-state index is 9.86. The molecule has 0 unspecified atom stereocenters. The Morgan fingerprint density at radius 1 is 0.605 bits per heavy atom. The fraction of sp³-hybridized carbons (Fsp3) is 0.706. The quantitative estimate of drug-likeness (QED) is 0.420. The zero-order valence-corrected chi connectivity index (χ0v) is 22.8. The number of aliphatic hydroxyl groups is 2. The van der Waals surface area contributed by atoms with E-state index in [1.807, 2.05) is 0 Å². The Kier molecular flexibility index (Phi) is 5.61. The third kappa shape index (κ3) is 3.61. The van der Waals surface area contributed by atoms with E-state index >= 15 is 0 Å². The molecule has 8 aliphatic carbocycles. The van der Waals surface area contributed by atoms with Gasteiger partial charge in [-0.05, 0) is 140 Å². The van der Waals surface area contributed by atoms with Crippen LogP contribution >= 0.6 is 0 Å². The number of benzene rings is 2. The number of rotatable bonds is 8. The molecule has 8 fully saturated rings. The summed E-state index contributed by atoms with van der Waals surface area (Å²) < 4.78 is 13.1. The third-order valence-corrected chi connectivity index (χ3v) is 12.0. The van der Waals surface area contributed by atoms with Gasteiger partial charge in [0.05, 0.1) is 13.2 Å². The lowest BCUT2D eigenvalue weighted by Gasteiger charge is -2.58. The largest absolute Gasteiger partial charge is 0.487 e. The summed E-state index contributed by atoms with van der Waals surface area (Å²) in [6.45, 7) is 0.528. The predicted octanol–water partition coefficient (Wildman–Crippen LogP) is 6.52. The van der Waals surface area contributed by atoms with Crippen LogP contribution in [0.25, 0.3) is 10.8 Å². The Morgan fingerprint density at radius 2 is 1.05 bits per heavy atom. The highest BCUT2D eigenvalue weighted by molar-refractivity contribution is 5.96. The molecule has 2 N–H and O–H groups in total. The average Bonchev–Trinajstić information content (AvgIpc) is 2.88. The fourth-order valence-corrected chi connectivity index (χ4v) is 11.7. The van der Waals surface area contributed by atoms with Gasteiger partial charge in [-0.15, -0.1) is 0 Å². The monoisotopic (exact) mass is 516 g/mol. The highest BCUT2D eigenvalue weighted by Crippen LogP contribution is 2.65. The van der Waals surface area contributed by atoms with Crippen molar-refractivity contribution >= 4 is 10.8 Å². The van der Waals surface area contributed by atoms with Crippen LogP contribution in [0.4, 0.5) is 0 Å². The zero-order chi connectivity index (χ0) is 25.5. The normalized spacial score (nSPS) is 40.3. The molecule has 8 saturated carbocycles. The van der Waals surface area contributed by atoms with Crippen molar-refractivity contribution in [3.63, 3.8) is 0 Å². The van der Waals surface area contributed by atoms with Crippen molar-refractivity contribution in [2.75, 3.05) is 26.4 Å². The van der Waals surface area contributed by atoms with Gasteiger partial charge in [-0.1, -0.05) is 18.2 Å². The molecule has 2 aromatic carbocycles. The van der Waals surface area contributed by atoms with Crippen LogP contribution < -0.4 is 9.47 Å². The van der Waals surface area contributed by atoms with Gasteiger partial charge in [-0.2, -0.15) is 0 Å². The first-order chi connectivity index (χ1) is 18.6. The molecule has 0 aromatic heterocycles. The zero-order valence-electron chi connectivity index (χ0n) is 22.8. The molecular formula is C34H44O4. The van der Waals surface area contributed by atoms with Crippen molar-refractivity contribution < 1.29 is 19.7 Å². The van der Waals surface area contributed by atoms with Crippen molar-refractivity contribution in [3.8, 4) is 11.5 Å². The van der Waals surface area contributed by atoms with E-state index in [-0.39, 0.29) is 37.3 Å². The second kappa shape index (κ2) is 8.86. The maximum Gasteiger partial charge on any atom is 0.169 e. The molecule has 4 heteroatoms. The lowest BCUT2D eigenvalue weighted by molar-refractivity contribution is -0.00671. The predicted molar refractivity (Wildman–Crippen MR) is 149 cm³/mol. The molecule has 204 valence electrons. The van der Waals surface area contributed by atoms with Gasteiger partial charge in [-0.25, -0.2) is 0 Å². The van der Waals surface area contributed by atoms with E-state index in [1.165, 1.54) is 98.9 Å². The molecule has 0 atom stereocenters. The van der Waals surface area contributed by atoms with Gasteiger partial charge in [0.1, 0.15) is 13.2 Å². The lowest BCUT2D eigenvalue weighted by atomic mass is 9.47. The molecule has 8 aliphatic rings. The van der Waals surface area contributed by atoms with Gasteiger partial charge in [0.2, 0.25) is 0 Å². The van der Waals surface area contributed by atoms with E-state index in [2.05, 4.69) is 24.3 Å². The molecular weight excluding hydrogens is 472 g/mol. The first-order valence-corrected chi connectivity index (χ1v) is 15.7. The Bertz CT molecular complexity index is 1160. The molecule has 0 spiro atoms. The maximum atomic E-state index is 9.86. The van der Waals surface area contributed by atoms with Crippen LogP contribution in [0.3, 0.4) is 0 Å². The standard InChI is InChI=1S/C34H44O4/c35-4-6-37-31-29(34-18-24-11-25(19-34)13-26(12-24)20-34)14-27-2-1-3-28(30(27)32(31)38-7-5-36)33-15-21-8-22(16-33)10-23(9-21)17-33/h1-3,14,21-26,35-36H,4-13,15-20H2. The van der Waals surface area contributed by atoms with Crippen molar-refractivity contribution in [2.24, 2.45) is 35.5 Å². The molecule has 0 radical (unpaired) electrons. The molecule has 0 saturated heterocycles. The second-order valence-corrected chi connectivity index (χ2v) is 14.5. The minimum absolute atomic E-state index is 0.00554. The highest BCUT2D eigenvalue weighted by atomic mass is 16.5. The molecule has 0 aliphatic heterocycles. The van der Waals surface area contributed by atoms with Gasteiger partial charge in [0, 0.05) is 10.9 Å². The summed E-state index contributed by atoms with van der Waals surface area (Å²) in [4.78, 5) is 0. The second-order valence-electron chi connectivity index (χ2n) is 14.5. The van der Waals surface area contributed by atoms with Crippen LogP contribution in [-0.4, -0.2) is 36.6 Å². The summed E-state index contributed by atoms with van der Waals surface area (Å²) in [6.07, 6.45) is 16.2. The van der Waals surface area contributed by atoms with Gasteiger partial charge >= 0.3 is 0 Å². The van der Waals surface area contributed by atoms with Crippen LogP contribution in [-0.2, 0) is 10.8 Å². The molecule has 38 heavy (non-hydrogen) atoms. The van der Waals surface area contributed by atoms with Crippen molar-refractivity contribution in [3.05, 3.63) is 35.4 Å². The van der Waals surface area contributed by atoms with Crippen LogP contribution in [0.5, 0.6) is 11.5 Å². The Hall–Kier alpha value is -1.78. The molecule has 0 heterocycles. The number of hydrogen-bond acceptors (Lipinski definition) is 4. The van der Waals surface area contributed by atoms with E-state index < -0.39 is 0 Å². The van der Waals surface area contributed by atoms with E-state index in [9.17, 15) is 10.2 Å². The highest BCUT2D eigenvalue weighted by Gasteiger charge is 2.54. The lowest BCUT2D eigenvalue weighted by Crippen LogP contribution is -2.49. The van der Waals surface area contributed by atoms with Crippen LogP contribution in [0.1, 0.15) is 88.2 Å². The van der Waals surface area contributed by atoms with E-state index in [0.29, 0.717) is 0 Å². The summed E-state index contributed by atoms with van der Waals surface area (Å²) in [5, 5.41) is 22.2. The smallest absolute Gasteiger partial charge is 0.169 e. The number of fused-ring (bicyclic) bond motifs is 1. The Morgan fingerprint density at radius 3 is 1.53 bits per heavy atom. The van der Waals surface area contributed by atoms with Gasteiger partial charge in [0.15, 0.2) is 11.5 Å². The van der Waals surface area contributed by atoms with Gasteiger partial charge in [0.25, 0.3) is 0 Å². The van der Waals surface area contributed by atoms with Crippen molar-refractivity contribution in [1.82, 2.24) is 0 Å². The van der Waals surface area contributed by atoms with Crippen LogP contribution in [0, 0.1) is 35.5 Å². The van der Waals surface area contributed by atoms with Gasteiger partial charge in [-0.3, -0.25) is 0 Å². The summed E-state index contributed by atoms with van der Waals surface area (Å²) >= 11 is 0. The molecule has 4 nitrogen and oxygen atoms in total. The topological polar surface area (TPSA) is 58.9 Å². The Labute approximate surface area is 227 Å². The summed E-state index contributed by atoms with van der Waals surface area (Å²) in [7, 11) is 0. The summed E-state index contributed by atoms with van der Waals surface area (Å²) in [5.74, 6) is 6.84. The summed E-state index contributed by atoms with van der Waals surface area (Å²) in [6, 6.07) is 9.46. The first kappa shape index (κ1) is 24.1. The molecule has 8 bridgehead atoms. The number of ether oxygens (including phenoxy) is 2. The van der Waals surface area contributed by atoms with E-state index in [1.54, 1.807) is 0 Å². The molecule has 10 rings (SSSR count). The fourth-order valence-electron chi connectivity index (χ4n) is 11.7. The van der Waals surface area contributed by atoms with Crippen molar-refractivity contribution in [1.29, 1.82) is 0 Å². The number of aliphatic hydroxyl groups excluding tert-OH is 2. The molecule has 2 aromatic rings. The molecule has 0 amide bonds.